The molecule has 114 valence electrons. The van der Waals surface area contributed by atoms with E-state index < -0.39 is 0 Å². The van der Waals surface area contributed by atoms with E-state index in [0.29, 0.717) is 34.9 Å². The molecule has 0 aliphatic rings. The number of ether oxygens (including phenoxy) is 2. The van der Waals surface area contributed by atoms with Crippen LogP contribution in [0.1, 0.15) is 0 Å². The van der Waals surface area contributed by atoms with E-state index in [4.69, 9.17) is 27.4 Å². The van der Waals surface area contributed by atoms with Gasteiger partial charge in [0.1, 0.15) is 29.9 Å². The topological polar surface area (TPSA) is 91.0 Å². The largest absolute Gasteiger partial charge is 0.497 e. The molecular formula is C14H15N5O2S. The third kappa shape index (κ3) is 2.73. The summed E-state index contributed by atoms with van der Waals surface area (Å²) in [4.78, 5) is 11.2. The lowest BCUT2D eigenvalue weighted by Crippen LogP contribution is -2.09. The van der Waals surface area contributed by atoms with Crippen LogP contribution in [0, 0.1) is 4.77 Å². The fraction of sp³-hybridized carbons (Fsp3) is 0.214. The first-order valence-electron chi connectivity index (χ1n) is 6.65. The fourth-order valence-corrected chi connectivity index (χ4v) is 2.40. The van der Waals surface area contributed by atoms with Gasteiger partial charge in [0.25, 0.3) is 0 Å². The van der Waals surface area contributed by atoms with Gasteiger partial charge in [0.2, 0.25) is 0 Å². The number of rotatable bonds is 5. The molecule has 1 aromatic carbocycles. The van der Waals surface area contributed by atoms with Crippen molar-refractivity contribution in [1.29, 1.82) is 0 Å². The molecule has 0 fully saturated rings. The molecule has 0 aliphatic heterocycles. The first kappa shape index (κ1) is 14.3. The van der Waals surface area contributed by atoms with E-state index in [9.17, 15) is 0 Å². The van der Waals surface area contributed by atoms with Crippen LogP contribution in [0.4, 0.5) is 5.82 Å². The van der Waals surface area contributed by atoms with Gasteiger partial charge in [-0.2, -0.15) is 0 Å². The average Bonchev–Trinajstić information content (AvgIpc) is 2.86. The van der Waals surface area contributed by atoms with E-state index in [1.54, 1.807) is 7.11 Å². The smallest absolute Gasteiger partial charge is 0.179 e. The van der Waals surface area contributed by atoms with Crippen molar-refractivity contribution < 1.29 is 9.47 Å². The lowest BCUT2D eigenvalue weighted by atomic mass is 10.3. The second-order valence-electron chi connectivity index (χ2n) is 4.56. The summed E-state index contributed by atoms with van der Waals surface area (Å²) in [6.07, 6.45) is 1.42. The van der Waals surface area contributed by atoms with Crippen molar-refractivity contribution in [2.24, 2.45) is 0 Å². The standard InChI is InChI=1S/C14H15N5O2S/c1-20-9-2-4-10(5-3-9)21-7-6-19-13-11(18-14(19)22)12(15)16-8-17-13/h2-5,8H,6-7H2,1H3,(H,18,22)(H2,15,16,17). The third-order valence-electron chi connectivity index (χ3n) is 3.23. The van der Waals surface area contributed by atoms with E-state index in [0.717, 1.165) is 11.5 Å². The van der Waals surface area contributed by atoms with E-state index >= 15 is 0 Å². The second-order valence-corrected chi connectivity index (χ2v) is 4.95. The van der Waals surface area contributed by atoms with Gasteiger partial charge in [-0.25, -0.2) is 9.97 Å². The Kier molecular flexibility index (Phi) is 3.92. The quantitative estimate of drug-likeness (QED) is 0.701. The van der Waals surface area contributed by atoms with E-state index in [1.165, 1.54) is 6.33 Å². The van der Waals surface area contributed by atoms with Gasteiger partial charge < -0.3 is 20.2 Å². The van der Waals surface area contributed by atoms with Gasteiger partial charge in [0.05, 0.1) is 13.7 Å². The summed E-state index contributed by atoms with van der Waals surface area (Å²) in [6, 6.07) is 7.40. The Morgan fingerprint density at radius 2 is 1.95 bits per heavy atom. The highest BCUT2D eigenvalue weighted by Gasteiger charge is 2.09. The van der Waals surface area contributed by atoms with Crippen molar-refractivity contribution in [3.8, 4) is 11.5 Å². The van der Waals surface area contributed by atoms with Crippen LogP contribution in [0.25, 0.3) is 11.2 Å². The molecule has 7 nitrogen and oxygen atoms in total. The van der Waals surface area contributed by atoms with Crippen molar-refractivity contribution in [2.75, 3.05) is 19.5 Å². The van der Waals surface area contributed by atoms with E-state index in [-0.39, 0.29) is 0 Å². The molecule has 0 aliphatic carbocycles. The normalized spacial score (nSPS) is 10.8. The monoisotopic (exact) mass is 317 g/mol. The highest BCUT2D eigenvalue weighted by molar-refractivity contribution is 7.71. The molecule has 2 aromatic heterocycles. The van der Waals surface area contributed by atoms with Gasteiger partial charge in [-0.1, -0.05) is 0 Å². The number of benzene rings is 1. The first-order valence-corrected chi connectivity index (χ1v) is 7.05. The van der Waals surface area contributed by atoms with Gasteiger partial charge in [-0.3, -0.25) is 4.57 Å². The SMILES string of the molecule is COc1ccc(OCCn2c(=S)[nH]c3c(N)ncnc32)cc1. The molecule has 2 heterocycles. The number of fused-ring (bicyclic) bond motifs is 1. The molecule has 8 heteroatoms. The van der Waals surface area contributed by atoms with Crippen molar-refractivity contribution in [1.82, 2.24) is 19.5 Å². The minimum absolute atomic E-state index is 0.380. The Balaban J connectivity index is 1.72. The predicted octanol–water partition coefficient (Wildman–Crippen LogP) is 2.16. The van der Waals surface area contributed by atoms with Crippen LogP contribution in [0.5, 0.6) is 11.5 Å². The molecule has 22 heavy (non-hydrogen) atoms. The zero-order chi connectivity index (χ0) is 15.5. The number of imidazole rings is 1. The van der Waals surface area contributed by atoms with Crippen molar-refractivity contribution in [3.05, 3.63) is 35.4 Å². The molecule has 3 N–H and O–H groups in total. The predicted molar refractivity (Wildman–Crippen MR) is 85.6 cm³/mol. The van der Waals surface area contributed by atoms with Gasteiger partial charge in [0.15, 0.2) is 16.2 Å². The van der Waals surface area contributed by atoms with Crippen molar-refractivity contribution >= 4 is 29.2 Å². The zero-order valence-corrected chi connectivity index (χ0v) is 12.8. The van der Waals surface area contributed by atoms with Crippen LogP contribution in [0.2, 0.25) is 0 Å². The Hall–Kier alpha value is -2.61. The van der Waals surface area contributed by atoms with Crippen LogP contribution >= 0.6 is 12.2 Å². The number of nitrogens with zero attached hydrogens (tertiary/aromatic N) is 3. The van der Waals surface area contributed by atoms with Crippen LogP contribution in [0.3, 0.4) is 0 Å². The number of aromatic nitrogens is 4. The summed E-state index contributed by atoms with van der Waals surface area (Å²) in [5.74, 6) is 1.94. The molecule has 0 saturated heterocycles. The highest BCUT2D eigenvalue weighted by atomic mass is 32.1. The van der Waals surface area contributed by atoms with Crippen LogP contribution < -0.4 is 15.2 Å². The van der Waals surface area contributed by atoms with Gasteiger partial charge in [-0.15, -0.1) is 0 Å². The van der Waals surface area contributed by atoms with Crippen LogP contribution in [-0.4, -0.2) is 33.2 Å². The summed E-state index contributed by atoms with van der Waals surface area (Å²) in [5, 5.41) is 0. The molecule has 3 aromatic rings. The molecule has 0 amide bonds. The number of nitrogens with one attached hydrogen (secondary N) is 1. The molecular weight excluding hydrogens is 302 g/mol. The van der Waals surface area contributed by atoms with E-state index in [2.05, 4.69) is 15.0 Å². The summed E-state index contributed by atoms with van der Waals surface area (Å²) in [5.41, 5.74) is 7.13. The Morgan fingerprint density at radius 1 is 1.23 bits per heavy atom. The minimum atomic E-state index is 0.380. The molecule has 0 atom stereocenters. The number of nitrogens with two attached hydrogens (primary N) is 1. The number of aromatic amines is 1. The average molecular weight is 317 g/mol. The maximum atomic E-state index is 5.80. The van der Waals surface area contributed by atoms with Gasteiger partial charge in [-0.05, 0) is 36.5 Å². The number of H-pyrrole nitrogens is 1. The molecule has 3 rings (SSSR count). The molecule has 0 bridgehead atoms. The summed E-state index contributed by atoms with van der Waals surface area (Å²) in [7, 11) is 1.63. The molecule has 0 saturated carbocycles. The number of hydrogen-bond donors (Lipinski definition) is 2. The maximum Gasteiger partial charge on any atom is 0.179 e. The summed E-state index contributed by atoms with van der Waals surface area (Å²) >= 11 is 5.29. The number of anilines is 1. The van der Waals surface area contributed by atoms with Crippen LogP contribution in [0.15, 0.2) is 30.6 Å². The van der Waals surface area contributed by atoms with Crippen LogP contribution in [-0.2, 0) is 6.54 Å². The lowest BCUT2D eigenvalue weighted by Gasteiger charge is -2.08. The Morgan fingerprint density at radius 3 is 2.68 bits per heavy atom. The Labute approximate surface area is 131 Å². The lowest BCUT2D eigenvalue weighted by molar-refractivity contribution is 0.298. The van der Waals surface area contributed by atoms with Crippen molar-refractivity contribution in [2.45, 2.75) is 6.54 Å². The molecule has 0 spiro atoms. The van der Waals surface area contributed by atoms with E-state index in [1.807, 2.05) is 28.8 Å². The highest BCUT2D eigenvalue weighted by Crippen LogP contribution is 2.18. The maximum absolute atomic E-state index is 5.80. The number of hydrogen-bond acceptors (Lipinski definition) is 6. The first-order chi connectivity index (χ1) is 10.7. The number of methoxy groups -OCH3 is 1. The van der Waals surface area contributed by atoms with Gasteiger partial charge in [0, 0.05) is 0 Å². The number of nitrogen functional groups attached to an aromatic ring is 1. The Bertz CT molecular complexity index is 841. The third-order valence-corrected chi connectivity index (χ3v) is 3.55. The van der Waals surface area contributed by atoms with Gasteiger partial charge >= 0.3 is 0 Å². The minimum Gasteiger partial charge on any atom is -0.497 e. The molecule has 0 unspecified atom stereocenters. The zero-order valence-electron chi connectivity index (χ0n) is 11.9. The molecule has 0 radical (unpaired) electrons. The summed E-state index contributed by atoms with van der Waals surface area (Å²) in [6.45, 7) is 1.01. The fourth-order valence-electron chi connectivity index (χ4n) is 2.12. The van der Waals surface area contributed by atoms with Crippen molar-refractivity contribution in [3.63, 3.8) is 0 Å². The second kappa shape index (κ2) is 6.02. The summed E-state index contributed by atoms with van der Waals surface area (Å²) < 4.78 is 13.2.